The fourth-order valence-corrected chi connectivity index (χ4v) is 1.46. The van der Waals surface area contributed by atoms with Gasteiger partial charge in [-0.1, -0.05) is 12.1 Å². The number of hydrogen-bond acceptors (Lipinski definition) is 1. The summed E-state index contributed by atoms with van der Waals surface area (Å²) in [6.45, 7) is 6.07. The maximum absolute atomic E-state index is 10.8. The lowest BCUT2D eigenvalue weighted by Gasteiger charge is -2.10. The molecule has 1 rings (SSSR count). The molecule has 2 heteroatoms. The fourth-order valence-electron chi connectivity index (χ4n) is 1.46. The predicted octanol–water partition coefficient (Wildman–Crippen LogP) is 1.64. The van der Waals surface area contributed by atoms with Gasteiger partial charge < -0.3 is 5.73 Å². The van der Waals surface area contributed by atoms with Gasteiger partial charge >= 0.3 is 0 Å². The van der Waals surface area contributed by atoms with Crippen LogP contribution >= 0.6 is 0 Å². The van der Waals surface area contributed by atoms with Crippen molar-refractivity contribution in [3.05, 3.63) is 34.4 Å². The number of primary amides is 1. The summed E-state index contributed by atoms with van der Waals surface area (Å²) in [5.74, 6) is -0.267. The highest BCUT2D eigenvalue weighted by atomic mass is 16.1. The first-order chi connectivity index (χ1) is 6.02. The second-order valence-electron chi connectivity index (χ2n) is 3.45. The minimum atomic E-state index is -0.267. The summed E-state index contributed by atoms with van der Waals surface area (Å²) in [5, 5.41) is 0. The zero-order chi connectivity index (χ0) is 10.0. The van der Waals surface area contributed by atoms with E-state index in [9.17, 15) is 4.79 Å². The number of rotatable bonds is 2. The summed E-state index contributed by atoms with van der Waals surface area (Å²) in [6.07, 6.45) is 0.347. The molecular weight excluding hydrogens is 162 g/mol. The maximum Gasteiger partial charge on any atom is 0.221 e. The van der Waals surface area contributed by atoms with Crippen molar-refractivity contribution < 1.29 is 4.79 Å². The second kappa shape index (κ2) is 3.60. The molecule has 0 aliphatic carbocycles. The molecule has 1 amide bonds. The van der Waals surface area contributed by atoms with Gasteiger partial charge in [-0.3, -0.25) is 4.79 Å². The Labute approximate surface area is 78.8 Å². The number of hydrogen-bond donors (Lipinski definition) is 1. The van der Waals surface area contributed by atoms with Crippen LogP contribution in [0.3, 0.4) is 0 Å². The van der Waals surface area contributed by atoms with Gasteiger partial charge in [0, 0.05) is 0 Å². The molecular formula is C11H15NO. The number of nitrogens with two attached hydrogens (primary N) is 1. The number of benzene rings is 1. The molecule has 1 aromatic rings. The van der Waals surface area contributed by atoms with Crippen LogP contribution in [-0.4, -0.2) is 5.91 Å². The quantitative estimate of drug-likeness (QED) is 0.733. The number of carbonyl (C=O) groups is 1. The molecule has 0 aliphatic rings. The minimum absolute atomic E-state index is 0.267. The van der Waals surface area contributed by atoms with Gasteiger partial charge in [-0.15, -0.1) is 0 Å². The standard InChI is InChI=1S/C11H15NO/c1-7-4-5-8(2)10(9(7)3)6-11(12)13/h4-5H,6H2,1-3H3,(H2,12,13). The molecule has 2 N–H and O–H groups in total. The molecule has 13 heavy (non-hydrogen) atoms. The van der Waals surface area contributed by atoms with Gasteiger partial charge in [0.1, 0.15) is 0 Å². The van der Waals surface area contributed by atoms with Crippen LogP contribution in [0.1, 0.15) is 22.3 Å². The van der Waals surface area contributed by atoms with Crippen molar-refractivity contribution in [2.75, 3.05) is 0 Å². The van der Waals surface area contributed by atoms with Crippen molar-refractivity contribution in [3.8, 4) is 0 Å². The Hall–Kier alpha value is -1.31. The van der Waals surface area contributed by atoms with E-state index in [4.69, 9.17) is 5.73 Å². The summed E-state index contributed by atoms with van der Waals surface area (Å²) < 4.78 is 0. The van der Waals surface area contributed by atoms with Crippen LogP contribution in [0.5, 0.6) is 0 Å². The molecule has 0 atom stereocenters. The van der Waals surface area contributed by atoms with Gasteiger partial charge in [0.2, 0.25) is 5.91 Å². The lowest BCUT2D eigenvalue weighted by atomic mass is 9.96. The van der Waals surface area contributed by atoms with Crippen molar-refractivity contribution in [1.82, 2.24) is 0 Å². The SMILES string of the molecule is Cc1ccc(C)c(CC(N)=O)c1C. The molecule has 70 valence electrons. The first kappa shape index (κ1) is 9.78. The van der Waals surface area contributed by atoms with E-state index >= 15 is 0 Å². The Bertz CT molecular complexity index is 342. The highest BCUT2D eigenvalue weighted by molar-refractivity contribution is 5.77. The van der Waals surface area contributed by atoms with E-state index in [2.05, 4.69) is 6.07 Å². The van der Waals surface area contributed by atoms with Gasteiger partial charge in [-0.25, -0.2) is 0 Å². The smallest absolute Gasteiger partial charge is 0.221 e. The van der Waals surface area contributed by atoms with Crippen LogP contribution in [0.25, 0.3) is 0 Å². The molecule has 0 radical (unpaired) electrons. The molecule has 0 saturated carbocycles. The Kier molecular flexibility index (Phi) is 2.71. The van der Waals surface area contributed by atoms with Crippen LogP contribution in [0, 0.1) is 20.8 Å². The first-order valence-corrected chi connectivity index (χ1v) is 4.36. The summed E-state index contributed by atoms with van der Waals surface area (Å²) in [7, 11) is 0. The molecule has 0 fully saturated rings. The van der Waals surface area contributed by atoms with E-state index in [1.165, 1.54) is 11.1 Å². The Morgan fingerprint density at radius 2 is 1.77 bits per heavy atom. The summed E-state index contributed by atoms with van der Waals surface area (Å²) in [5.41, 5.74) is 9.78. The average Bonchev–Trinajstić information content (AvgIpc) is 2.05. The number of carbonyl (C=O) groups excluding carboxylic acids is 1. The van der Waals surface area contributed by atoms with Crippen LogP contribution in [0.2, 0.25) is 0 Å². The van der Waals surface area contributed by atoms with Crippen LogP contribution in [-0.2, 0) is 11.2 Å². The van der Waals surface area contributed by atoms with E-state index in [1.54, 1.807) is 0 Å². The monoisotopic (exact) mass is 177 g/mol. The molecule has 2 nitrogen and oxygen atoms in total. The summed E-state index contributed by atoms with van der Waals surface area (Å²) in [6, 6.07) is 4.09. The van der Waals surface area contributed by atoms with Crippen molar-refractivity contribution in [3.63, 3.8) is 0 Å². The van der Waals surface area contributed by atoms with Crippen LogP contribution in [0.4, 0.5) is 0 Å². The van der Waals surface area contributed by atoms with Crippen molar-refractivity contribution >= 4 is 5.91 Å². The molecule has 0 bridgehead atoms. The van der Waals surface area contributed by atoms with E-state index in [0.717, 1.165) is 11.1 Å². The molecule has 0 spiro atoms. The number of aryl methyl sites for hydroxylation is 2. The molecule has 0 unspecified atom stereocenters. The Morgan fingerprint density at radius 3 is 2.31 bits per heavy atom. The third kappa shape index (κ3) is 2.08. The highest BCUT2D eigenvalue weighted by Gasteiger charge is 2.07. The van der Waals surface area contributed by atoms with E-state index < -0.39 is 0 Å². The highest BCUT2D eigenvalue weighted by Crippen LogP contribution is 2.17. The molecule has 0 heterocycles. The maximum atomic E-state index is 10.8. The summed E-state index contributed by atoms with van der Waals surface area (Å²) >= 11 is 0. The van der Waals surface area contributed by atoms with Gasteiger partial charge in [-0.2, -0.15) is 0 Å². The van der Waals surface area contributed by atoms with Crippen LogP contribution < -0.4 is 5.73 Å². The largest absolute Gasteiger partial charge is 0.369 e. The minimum Gasteiger partial charge on any atom is -0.369 e. The zero-order valence-electron chi connectivity index (χ0n) is 8.35. The topological polar surface area (TPSA) is 43.1 Å². The third-order valence-electron chi connectivity index (χ3n) is 2.45. The predicted molar refractivity (Wildman–Crippen MR) is 53.6 cm³/mol. The van der Waals surface area contributed by atoms with Gasteiger partial charge in [0.05, 0.1) is 6.42 Å². The lowest BCUT2D eigenvalue weighted by Crippen LogP contribution is -2.15. The van der Waals surface area contributed by atoms with E-state index in [-0.39, 0.29) is 5.91 Å². The molecule has 0 aromatic heterocycles. The molecule has 1 aromatic carbocycles. The molecule has 0 saturated heterocycles. The zero-order valence-corrected chi connectivity index (χ0v) is 8.35. The average molecular weight is 177 g/mol. The third-order valence-corrected chi connectivity index (χ3v) is 2.45. The van der Waals surface area contributed by atoms with Gasteiger partial charge in [-0.05, 0) is 43.0 Å². The number of amides is 1. The van der Waals surface area contributed by atoms with Crippen molar-refractivity contribution in [1.29, 1.82) is 0 Å². The van der Waals surface area contributed by atoms with Crippen molar-refractivity contribution in [2.24, 2.45) is 5.73 Å². The van der Waals surface area contributed by atoms with Gasteiger partial charge in [0.15, 0.2) is 0 Å². The normalized spacial score (nSPS) is 10.1. The summed E-state index contributed by atoms with van der Waals surface area (Å²) in [4.78, 5) is 10.8. The Morgan fingerprint density at radius 1 is 1.23 bits per heavy atom. The van der Waals surface area contributed by atoms with E-state index in [1.807, 2.05) is 26.8 Å². The molecule has 0 aliphatic heterocycles. The van der Waals surface area contributed by atoms with Crippen LogP contribution in [0.15, 0.2) is 12.1 Å². The second-order valence-corrected chi connectivity index (χ2v) is 3.45. The van der Waals surface area contributed by atoms with E-state index in [0.29, 0.717) is 6.42 Å². The van der Waals surface area contributed by atoms with Crippen molar-refractivity contribution in [2.45, 2.75) is 27.2 Å². The fraction of sp³-hybridized carbons (Fsp3) is 0.364. The Balaban J connectivity index is 3.17. The lowest BCUT2D eigenvalue weighted by molar-refractivity contribution is -0.117. The van der Waals surface area contributed by atoms with Gasteiger partial charge in [0.25, 0.3) is 0 Å². The first-order valence-electron chi connectivity index (χ1n) is 4.36.